The zero-order valence-electron chi connectivity index (χ0n) is 15.3. The minimum atomic E-state index is -0.142. The van der Waals surface area contributed by atoms with Gasteiger partial charge in [0.2, 0.25) is 0 Å². The monoisotopic (exact) mass is 372 g/mol. The van der Waals surface area contributed by atoms with Crippen LogP contribution in [0.5, 0.6) is 0 Å². The minimum absolute atomic E-state index is 0.142. The number of aromatic nitrogens is 1. The van der Waals surface area contributed by atoms with Gasteiger partial charge in [0.05, 0.1) is 5.69 Å². The minimum Gasteiger partial charge on any atom is -0.298 e. The summed E-state index contributed by atoms with van der Waals surface area (Å²) < 4.78 is 0. The van der Waals surface area contributed by atoms with E-state index < -0.39 is 0 Å². The van der Waals surface area contributed by atoms with Crippen molar-refractivity contribution in [3.05, 3.63) is 83.2 Å². The summed E-state index contributed by atoms with van der Waals surface area (Å²) in [5, 5.41) is 7.66. The second-order valence-corrected chi connectivity index (χ2v) is 7.69. The van der Waals surface area contributed by atoms with Crippen molar-refractivity contribution in [3.63, 3.8) is 0 Å². The van der Waals surface area contributed by atoms with Crippen molar-refractivity contribution in [2.45, 2.75) is 19.8 Å². The van der Waals surface area contributed by atoms with Crippen LogP contribution in [0.3, 0.4) is 0 Å². The molecule has 0 atom stereocenters. The van der Waals surface area contributed by atoms with E-state index in [1.165, 1.54) is 16.9 Å². The molecule has 0 bridgehead atoms. The van der Waals surface area contributed by atoms with Gasteiger partial charge in [-0.25, -0.2) is 4.98 Å². The Morgan fingerprint density at radius 3 is 2.44 bits per heavy atom. The maximum Gasteiger partial charge on any atom is 0.257 e. The van der Waals surface area contributed by atoms with Crippen molar-refractivity contribution in [3.8, 4) is 11.3 Å². The predicted octanol–water partition coefficient (Wildman–Crippen LogP) is 6.34. The van der Waals surface area contributed by atoms with E-state index in [-0.39, 0.29) is 5.91 Å². The second kappa shape index (κ2) is 7.33. The summed E-state index contributed by atoms with van der Waals surface area (Å²) in [6.45, 7) is 4.36. The molecule has 3 aromatic carbocycles. The number of carbonyl (C=O) groups is 1. The Morgan fingerprint density at radius 2 is 1.70 bits per heavy atom. The molecule has 0 aliphatic heterocycles. The molecule has 1 aromatic heterocycles. The van der Waals surface area contributed by atoms with E-state index in [9.17, 15) is 4.79 Å². The Morgan fingerprint density at radius 1 is 0.963 bits per heavy atom. The first-order chi connectivity index (χ1) is 13.1. The lowest BCUT2D eigenvalue weighted by molar-refractivity contribution is 0.102. The number of anilines is 1. The third-order valence-corrected chi connectivity index (χ3v) is 5.37. The third-order valence-electron chi connectivity index (χ3n) is 4.61. The molecule has 0 aliphatic rings. The topological polar surface area (TPSA) is 42.0 Å². The molecule has 0 saturated carbocycles. The Labute approximate surface area is 162 Å². The molecule has 134 valence electrons. The predicted molar refractivity (Wildman–Crippen MR) is 114 cm³/mol. The average Bonchev–Trinajstić information content (AvgIpc) is 3.16. The summed E-state index contributed by atoms with van der Waals surface area (Å²) in [6.07, 6.45) is 0. The molecule has 0 fully saturated rings. The normalized spacial score (nSPS) is 11.1. The van der Waals surface area contributed by atoms with Gasteiger partial charge in [-0.3, -0.25) is 10.1 Å². The third kappa shape index (κ3) is 3.76. The van der Waals surface area contributed by atoms with Gasteiger partial charge in [-0.05, 0) is 34.4 Å². The van der Waals surface area contributed by atoms with Gasteiger partial charge >= 0.3 is 0 Å². The molecule has 3 nitrogen and oxygen atoms in total. The standard InChI is InChI=1S/C23H20N2OS/c1-15(2)16-7-10-18(11-8-16)21-14-27-23(24-21)25-22(26)20-12-9-17-5-3-4-6-19(17)13-20/h3-15H,1-2H3,(H,24,25,26). The van der Waals surface area contributed by atoms with Crippen LogP contribution in [0.2, 0.25) is 0 Å². The number of hydrogen-bond acceptors (Lipinski definition) is 3. The fraction of sp³-hybridized carbons (Fsp3) is 0.130. The van der Waals surface area contributed by atoms with Crippen LogP contribution in [0, 0.1) is 0 Å². The van der Waals surface area contributed by atoms with Crippen LogP contribution < -0.4 is 5.32 Å². The van der Waals surface area contributed by atoms with Crippen molar-refractivity contribution in [1.29, 1.82) is 0 Å². The highest BCUT2D eigenvalue weighted by Gasteiger charge is 2.11. The lowest BCUT2D eigenvalue weighted by Crippen LogP contribution is -2.11. The van der Waals surface area contributed by atoms with Gasteiger partial charge in [-0.1, -0.05) is 68.4 Å². The Bertz CT molecular complexity index is 1100. The van der Waals surface area contributed by atoms with Gasteiger partial charge in [0, 0.05) is 16.5 Å². The molecule has 4 heteroatoms. The number of fused-ring (bicyclic) bond motifs is 1. The van der Waals surface area contributed by atoms with E-state index in [4.69, 9.17) is 0 Å². The lowest BCUT2D eigenvalue weighted by atomic mass is 10.0. The van der Waals surface area contributed by atoms with Crippen molar-refractivity contribution in [1.82, 2.24) is 4.98 Å². The first-order valence-electron chi connectivity index (χ1n) is 8.96. The van der Waals surface area contributed by atoms with Gasteiger partial charge in [0.15, 0.2) is 5.13 Å². The molecule has 1 heterocycles. The molecule has 0 saturated heterocycles. The quantitative estimate of drug-likeness (QED) is 0.454. The smallest absolute Gasteiger partial charge is 0.257 e. The molecule has 1 amide bonds. The lowest BCUT2D eigenvalue weighted by Gasteiger charge is -2.05. The summed E-state index contributed by atoms with van der Waals surface area (Å²) >= 11 is 1.44. The van der Waals surface area contributed by atoms with E-state index >= 15 is 0 Å². The molecular formula is C23H20N2OS. The second-order valence-electron chi connectivity index (χ2n) is 6.83. The molecule has 0 spiro atoms. The maximum absolute atomic E-state index is 12.6. The van der Waals surface area contributed by atoms with Gasteiger partial charge in [0.25, 0.3) is 5.91 Å². The van der Waals surface area contributed by atoms with Crippen LogP contribution in [0.4, 0.5) is 5.13 Å². The molecule has 0 radical (unpaired) electrons. The molecule has 4 rings (SSSR count). The number of rotatable bonds is 4. The van der Waals surface area contributed by atoms with Crippen LogP contribution in [0.15, 0.2) is 72.1 Å². The van der Waals surface area contributed by atoms with Gasteiger partial charge in [-0.15, -0.1) is 11.3 Å². The van der Waals surface area contributed by atoms with Crippen LogP contribution in [-0.4, -0.2) is 10.9 Å². The Kier molecular flexibility index (Phi) is 4.73. The number of nitrogens with zero attached hydrogens (tertiary/aromatic N) is 1. The van der Waals surface area contributed by atoms with Crippen LogP contribution in [0.25, 0.3) is 22.0 Å². The van der Waals surface area contributed by atoms with Crippen molar-refractivity contribution in [2.24, 2.45) is 0 Å². The highest BCUT2D eigenvalue weighted by Crippen LogP contribution is 2.27. The van der Waals surface area contributed by atoms with Crippen molar-refractivity contribution >= 4 is 33.1 Å². The summed E-state index contributed by atoms with van der Waals surface area (Å²) in [7, 11) is 0. The zero-order chi connectivity index (χ0) is 18.8. The molecule has 27 heavy (non-hydrogen) atoms. The number of amides is 1. The summed E-state index contributed by atoms with van der Waals surface area (Å²) in [6, 6.07) is 22.2. The summed E-state index contributed by atoms with van der Waals surface area (Å²) in [5.41, 5.74) is 3.87. The van der Waals surface area contributed by atoms with E-state index in [1.807, 2.05) is 47.8 Å². The number of carbonyl (C=O) groups excluding carboxylic acids is 1. The first-order valence-corrected chi connectivity index (χ1v) is 9.84. The molecular weight excluding hydrogens is 352 g/mol. The molecule has 1 N–H and O–H groups in total. The van der Waals surface area contributed by atoms with Crippen LogP contribution >= 0.6 is 11.3 Å². The summed E-state index contributed by atoms with van der Waals surface area (Å²) in [5.74, 6) is 0.364. The highest BCUT2D eigenvalue weighted by atomic mass is 32.1. The largest absolute Gasteiger partial charge is 0.298 e. The number of benzene rings is 3. The number of thiazole rings is 1. The molecule has 0 unspecified atom stereocenters. The van der Waals surface area contributed by atoms with E-state index in [0.29, 0.717) is 16.6 Å². The van der Waals surface area contributed by atoms with Crippen molar-refractivity contribution in [2.75, 3.05) is 5.32 Å². The van der Waals surface area contributed by atoms with Gasteiger partial charge in [0.1, 0.15) is 0 Å². The first kappa shape index (κ1) is 17.4. The highest BCUT2D eigenvalue weighted by molar-refractivity contribution is 7.14. The van der Waals surface area contributed by atoms with E-state index in [0.717, 1.165) is 22.0 Å². The van der Waals surface area contributed by atoms with Gasteiger partial charge in [-0.2, -0.15) is 0 Å². The average molecular weight is 372 g/mol. The summed E-state index contributed by atoms with van der Waals surface area (Å²) in [4.78, 5) is 17.1. The van der Waals surface area contributed by atoms with E-state index in [2.05, 4.69) is 48.4 Å². The molecule has 4 aromatic rings. The van der Waals surface area contributed by atoms with Gasteiger partial charge < -0.3 is 0 Å². The number of hydrogen-bond donors (Lipinski definition) is 1. The van der Waals surface area contributed by atoms with Crippen LogP contribution in [0.1, 0.15) is 35.7 Å². The van der Waals surface area contributed by atoms with E-state index in [1.54, 1.807) is 0 Å². The fourth-order valence-corrected chi connectivity index (χ4v) is 3.72. The SMILES string of the molecule is CC(C)c1ccc(-c2csc(NC(=O)c3ccc4ccccc4c3)n2)cc1. The Hall–Kier alpha value is -2.98. The van der Waals surface area contributed by atoms with Crippen LogP contribution in [-0.2, 0) is 0 Å². The van der Waals surface area contributed by atoms with Crippen molar-refractivity contribution < 1.29 is 4.79 Å². The number of nitrogens with one attached hydrogen (secondary N) is 1. The molecule has 0 aliphatic carbocycles. The fourth-order valence-electron chi connectivity index (χ4n) is 3.00. The Balaban J connectivity index is 1.52. The maximum atomic E-state index is 12.6. The zero-order valence-corrected chi connectivity index (χ0v) is 16.1.